The topological polar surface area (TPSA) is 46.2 Å². The Morgan fingerprint density at radius 3 is 2.30 bits per heavy atom. The van der Waals surface area contributed by atoms with E-state index in [1.54, 1.807) is 24.3 Å². The molecule has 0 fully saturated rings. The van der Waals surface area contributed by atoms with Crippen molar-refractivity contribution in [3.8, 4) is 0 Å². The number of para-hydroxylation sites is 1. The summed E-state index contributed by atoms with van der Waals surface area (Å²) < 4.78 is 23.5. The molecule has 2 aromatic rings. The predicted octanol–water partition coefficient (Wildman–Crippen LogP) is 3.62. The van der Waals surface area contributed by atoms with Crippen molar-refractivity contribution in [1.29, 1.82) is 0 Å². The summed E-state index contributed by atoms with van der Waals surface area (Å²) in [5, 5.41) is 3.14. The molecule has 2 rings (SSSR count). The van der Waals surface area contributed by atoms with Crippen LogP contribution < -0.4 is 5.32 Å². The monoisotopic (exact) mass is 309 g/mol. The van der Waals surface area contributed by atoms with E-state index in [1.165, 1.54) is 6.26 Å². The summed E-state index contributed by atoms with van der Waals surface area (Å²) in [5.74, 6) is 0.587. The first-order chi connectivity index (χ1) is 9.50. The smallest absolute Gasteiger partial charge is 0.177 e. The molecule has 20 heavy (non-hydrogen) atoms. The van der Waals surface area contributed by atoms with E-state index in [-0.39, 0.29) is 0 Å². The van der Waals surface area contributed by atoms with Crippen molar-refractivity contribution in [3.63, 3.8) is 0 Å². The number of rotatable bonds is 5. The average molecular weight is 310 g/mol. The van der Waals surface area contributed by atoms with Gasteiger partial charge in [0.15, 0.2) is 9.84 Å². The average Bonchev–Trinajstić information content (AvgIpc) is 2.41. The minimum Gasteiger partial charge on any atom is -0.354 e. The van der Waals surface area contributed by atoms with E-state index in [1.807, 2.05) is 24.3 Å². The Labute approximate surface area is 124 Å². The number of aryl methyl sites for hydroxylation is 1. The van der Waals surface area contributed by atoms with Crippen molar-refractivity contribution in [2.45, 2.75) is 11.3 Å². The van der Waals surface area contributed by atoms with Crippen LogP contribution in [0.2, 0.25) is 0 Å². The molecule has 0 amide bonds. The number of nitrogens with one attached hydrogen (secondary N) is 1. The molecule has 3 nitrogen and oxygen atoms in total. The van der Waals surface area contributed by atoms with E-state index in [2.05, 4.69) is 5.32 Å². The van der Waals surface area contributed by atoms with E-state index >= 15 is 0 Å². The van der Waals surface area contributed by atoms with Gasteiger partial charge in [0, 0.05) is 17.8 Å². The minimum atomic E-state index is -3.25. The van der Waals surface area contributed by atoms with Gasteiger partial charge in [0.2, 0.25) is 0 Å². The van der Waals surface area contributed by atoms with Crippen LogP contribution >= 0.6 is 11.6 Å². The lowest BCUT2D eigenvalue weighted by atomic mass is 10.1. The van der Waals surface area contributed by atoms with E-state index < -0.39 is 9.84 Å². The Hall–Kier alpha value is -1.52. The van der Waals surface area contributed by atoms with Gasteiger partial charge in [-0.3, -0.25) is 0 Å². The zero-order chi connectivity index (χ0) is 14.6. The number of halogens is 1. The van der Waals surface area contributed by atoms with Crippen LogP contribution in [-0.2, 0) is 16.3 Å². The van der Waals surface area contributed by atoms with Crippen LogP contribution in [0.5, 0.6) is 0 Å². The number of sulfone groups is 1. The van der Waals surface area contributed by atoms with Crippen LogP contribution in [0.1, 0.15) is 5.56 Å². The third kappa shape index (κ3) is 3.74. The quantitative estimate of drug-likeness (QED) is 0.858. The van der Waals surface area contributed by atoms with Crippen LogP contribution in [0.15, 0.2) is 53.4 Å². The highest BCUT2D eigenvalue weighted by Gasteiger charge is 2.12. The fourth-order valence-corrected chi connectivity index (χ4v) is 2.98. The summed E-state index contributed by atoms with van der Waals surface area (Å²) in [5.41, 5.74) is 2.58. The van der Waals surface area contributed by atoms with Gasteiger partial charge < -0.3 is 5.32 Å². The lowest BCUT2D eigenvalue weighted by molar-refractivity contribution is 0.602. The second-order valence-corrected chi connectivity index (χ2v) is 6.89. The number of benzene rings is 2. The van der Waals surface area contributed by atoms with Gasteiger partial charge in [0.1, 0.15) is 0 Å². The van der Waals surface area contributed by atoms with Crippen LogP contribution in [0.3, 0.4) is 0 Å². The molecule has 0 heterocycles. The molecule has 0 aliphatic heterocycles. The summed E-state index contributed by atoms with van der Waals surface area (Å²) in [6.45, 7) is 0. The molecule has 0 spiro atoms. The Bertz CT molecular complexity index is 681. The van der Waals surface area contributed by atoms with E-state index in [0.717, 1.165) is 17.7 Å². The maximum Gasteiger partial charge on any atom is 0.177 e. The maximum atomic E-state index is 11.7. The Morgan fingerprint density at radius 2 is 1.70 bits per heavy atom. The SMILES string of the molecule is CS(=O)(=O)c1ccccc1Nc1ccc(CCCl)cc1. The molecule has 0 saturated heterocycles. The molecule has 0 saturated carbocycles. The largest absolute Gasteiger partial charge is 0.354 e. The lowest BCUT2D eigenvalue weighted by Crippen LogP contribution is -2.02. The summed E-state index contributed by atoms with van der Waals surface area (Å²) in [4.78, 5) is 0.296. The first-order valence-electron chi connectivity index (χ1n) is 6.22. The molecular weight excluding hydrogens is 294 g/mol. The predicted molar refractivity (Wildman–Crippen MR) is 83.7 cm³/mol. The normalized spacial score (nSPS) is 11.3. The Balaban J connectivity index is 2.26. The molecule has 0 aliphatic rings. The van der Waals surface area contributed by atoms with Gasteiger partial charge in [-0.1, -0.05) is 24.3 Å². The maximum absolute atomic E-state index is 11.7. The van der Waals surface area contributed by atoms with Crippen LogP contribution in [0.4, 0.5) is 11.4 Å². The van der Waals surface area contributed by atoms with Gasteiger partial charge in [-0.25, -0.2) is 8.42 Å². The third-order valence-electron chi connectivity index (χ3n) is 2.90. The molecular formula is C15H16ClNO2S. The van der Waals surface area contributed by atoms with E-state index in [0.29, 0.717) is 16.5 Å². The number of hydrogen-bond acceptors (Lipinski definition) is 3. The highest BCUT2D eigenvalue weighted by molar-refractivity contribution is 7.90. The summed E-state index contributed by atoms with van der Waals surface area (Å²) in [6, 6.07) is 14.7. The molecule has 1 N–H and O–H groups in total. The Morgan fingerprint density at radius 1 is 1.05 bits per heavy atom. The number of anilines is 2. The fraction of sp³-hybridized carbons (Fsp3) is 0.200. The van der Waals surface area contributed by atoms with Gasteiger partial charge in [-0.2, -0.15) is 0 Å². The second-order valence-electron chi connectivity index (χ2n) is 4.53. The molecule has 0 unspecified atom stereocenters. The second kappa shape index (κ2) is 6.29. The van der Waals surface area contributed by atoms with Gasteiger partial charge in [-0.15, -0.1) is 11.6 Å². The number of alkyl halides is 1. The van der Waals surface area contributed by atoms with Crippen molar-refractivity contribution in [2.24, 2.45) is 0 Å². The Kier molecular flexibility index (Phi) is 4.68. The molecule has 0 radical (unpaired) electrons. The molecule has 0 atom stereocenters. The fourth-order valence-electron chi connectivity index (χ4n) is 1.91. The summed E-state index contributed by atoms with van der Waals surface area (Å²) in [7, 11) is -3.25. The van der Waals surface area contributed by atoms with Crippen LogP contribution in [0.25, 0.3) is 0 Å². The van der Waals surface area contributed by atoms with Crippen molar-refractivity contribution in [2.75, 3.05) is 17.5 Å². The van der Waals surface area contributed by atoms with Gasteiger partial charge >= 0.3 is 0 Å². The van der Waals surface area contributed by atoms with E-state index in [4.69, 9.17) is 11.6 Å². The minimum absolute atomic E-state index is 0.296. The molecule has 106 valence electrons. The first kappa shape index (κ1) is 14.9. The number of hydrogen-bond donors (Lipinski definition) is 1. The van der Waals surface area contributed by atoms with E-state index in [9.17, 15) is 8.42 Å². The summed E-state index contributed by atoms with van der Waals surface area (Å²) >= 11 is 5.69. The zero-order valence-electron chi connectivity index (χ0n) is 11.1. The molecule has 5 heteroatoms. The lowest BCUT2D eigenvalue weighted by Gasteiger charge is -2.11. The highest BCUT2D eigenvalue weighted by atomic mass is 35.5. The van der Waals surface area contributed by atoms with Crippen LogP contribution in [0, 0.1) is 0 Å². The first-order valence-corrected chi connectivity index (χ1v) is 8.64. The standard InChI is InChI=1S/C15H16ClNO2S/c1-20(18,19)15-5-3-2-4-14(15)17-13-8-6-12(7-9-13)10-11-16/h2-9,17H,10-11H2,1H3. The molecule has 0 aliphatic carbocycles. The molecule has 0 aromatic heterocycles. The van der Waals surface area contributed by atoms with Crippen molar-refractivity contribution in [3.05, 3.63) is 54.1 Å². The van der Waals surface area contributed by atoms with Crippen molar-refractivity contribution < 1.29 is 8.42 Å². The van der Waals surface area contributed by atoms with Crippen molar-refractivity contribution in [1.82, 2.24) is 0 Å². The zero-order valence-corrected chi connectivity index (χ0v) is 12.7. The summed E-state index contributed by atoms with van der Waals surface area (Å²) in [6.07, 6.45) is 2.03. The highest BCUT2D eigenvalue weighted by Crippen LogP contribution is 2.24. The van der Waals surface area contributed by atoms with Gasteiger partial charge in [0.05, 0.1) is 10.6 Å². The van der Waals surface area contributed by atoms with Crippen molar-refractivity contribution >= 4 is 32.8 Å². The van der Waals surface area contributed by atoms with Gasteiger partial charge in [0.25, 0.3) is 0 Å². The van der Waals surface area contributed by atoms with Gasteiger partial charge in [-0.05, 0) is 36.2 Å². The third-order valence-corrected chi connectivity index (χ3v) is 4.25. The molecule has 2 aromatic carbocycles. The van der Waals surface area contributed by atoms with Crippen LogP contribution in [-0.4, -0.2) is 20.6 Å². The molecule has 0 bridgehead atoms.